The van der Waals surface area contributed by atoms with Gasteiger partial charge in [-0.25, -0.2) is 8.42 Å². The molecule has 122 valence electrons. The second-order valence-corrected chi connectivity index (χ2v) is 7.66. The number of benzene rings is 2. The van der Waals surface area contributed by atoms with E-state index in [-0.39, 0.29) is 0 Å². The van der Waals surface area contributed by atoms with Crippen LogP contribution in [0.5, 0.6) is 0 Å². The summed E-state index contributed by atoms with van der Waals surface area (Å²) >= 11 is 0. The molecule has 0 saturated carbocycles. The van der Waals surface area contributed by atoms with E-state index in [1.165, 1.54) is 11.1 Å². The van der Waals surface area contributed by atoms with Crippen LogP contribution in [0.1, 0.15) is 30.9 Å². The Balaban J connectivity index is 2.01. The van der Waals surface area contributed by atoms with Gasteiger partial charge in [-0.3, -0.25) is 4.31 Å². The van der Waals surface area contributed by atoms with Gasteiger partial charge in [0.25, 0.3) is 10.0 Å². The van der Waals surface area contributed by atoms with Gasteiger partial charge in [-0.2, -0.15) is 0 Å². The van der Waals surface area contributed by atoms with Gasteiger partial charge < -0.3 is 5.32 Å². The molecule has 2 aromatic rings. The van der Waals surface area contributed by atoms with Crippen molar-refractivity contribution in [3.8, 4) is 0 Å². The summed E-state index contributed by atoms with van der Waals surface area (Å²) in [5.74, 6) is 0. The van der Waals surface area contributed by atoms with Crippen molar-refractivity contribution >= 4 is 15.7 Å². The maximum Gasteiger partial charge on any atom is 0.264 e. The lowest BCUT2D eigenvalue weighted by atomic mass is 10.1. The van der Waals surface area contributed by atoms with Gasteiger partial charge in [-0.1, -0.05) is 37.6 Å². The van der Waals surface area contributed by atoms with Crippen LogP contribution >= 0.6 is 0 Å². The van der Waals surface area contributed by atoms with Gasteiger partial charge in [0.2, 0.25) is 0 Å². The number of nitrogens with zero attached hydrogens (tertiary/aromatic N) is 1. The van der Waals surface area contributed by atoms with Gasteiger partial charge >= 0.3 is 0 Å². The van der Waals surface area contributed by atoms with Crippen molar-refractivity contribution in [1.82, 2.24) is 5.32 Å². The first kappa shape index (κ1) is 16.0. The summed E-state index contributed by atoms with van der Waals surface area (Å²) in [5, 5.41) is 3.30. The smallest absolute Gasteiger partial charge is 0.264 e. The van der Waals surface area contributed by atoms with E-state index in [1.807, 2.05) is 24.3 Å². The van der Waals surface area contributed by atoms with E-state index >= 15 is 0 Å². The lowest BCUT2D eigenvalue weighted by molar-refractivity contribution is 0.588. The fraction of sp³-hybridized carbons (Fsp3) is 0.333. The van der Waals surface area contributed by atoms with Crippen LogP contribution in [0.25, 0.3) is 0 Å². The number of fused-ring (bicyclic) bond motifs is 1. The Kier molecular flexibility index (Phi) is 4.68. The number of hydrogen-bond acceptors (Lipinski definition) is 3. The molecule has 2 aromatic carbocycles. The maximum absolute atomic E-state index is 13.0. The van der Waals surface area contributed by atoms with Crippen LogP contribution in [0.15, 0.2) is 53.4 Å². The average molecular weight is 330 g/mol. The molecule has 0 fully saturated rings. The van der Waals surface area contributed by atoms with Crippen molar-refractivity contribution in [2.24, 2.45) is 0 Å². The molecule has 0 aromatic heterocycles. The van der Waals surface area contributed by atoms with Crippen LogP contribution in [-0.4, -0.2) is 15.0 Å². The van der Waals surface area contributed by atoms with Crippen LogP contribution in [0, 0.1) is 0 Å². The molecule has 1 aliphatic rings. The molecule has 1 heterocycles. The molecule has 1 aliphatic heterocycles. The number of unbranched alkanes of at least 4 members (excludes halogenated alkanes) is 1. The summed E-state index contributed by atoms with van der Waals surface area (Å²) in [7, 11) is -3.53. The van der Waals surface area contributed by atoms with Gasteiger partial charge in [-0.15, -0.1) is 0 Å². The predicted octanol–water partition coefficient (Wildman–Crippen LogP) is 3.29. The number of nitrogens with one attached hydrogen (secondary N) is 1. The normalized spacial score (nSPS) is 13.8. The highest BCUT2D eigenvalue weighted by molar-refractivity contribution is 7.92. The number of anilines is 1. The first-order valence-electron chi connectivity index (χ1n) is 8.03. The minimum absolute atomic E-state index is 0.342. The van der Waals surface area contributed by atoms with Crippen molar-refractivity contribution in [2.75, 3.05) is 10.8 Å². The zero-order valence-corrected chi connectivity index (χ0v) is 14.1. The van der Waals surface area contributed by atoms with Gasteiger partial charge in [0, 0.05) is 19.6 Å². The van der Waals surface area contributed by atoms with Crippen LogP contribution in [0.2, 0.25) is 0 Å². The van der Waals surface area contributed by atoms with Gasteiger partial charge in [0.1, 0.15) is 0 Å². The summed E-state index contributed by atoms with van der Waals surface area (Å²) in [6.07, 6.45) is 1.79. The molecule has 0 amide bonds. The fourth-order valence-corrected chi connectivity index (χ4v) is 4.36. The van der Waals surface area contributed by atoms with E-state index in [9.17, 15) is 8.42 Å². The Morgan fingerprint density at radius 2 is 1.78 bits per heavy atom. The zero-order chi connectivity index (χ0) is 16.3. The molecule has 0 atom stereocenters. The zero-order valence-electron chi connectivity index (χ0n) is 13.3. The SMILES string of the molecule is CCCCN(c1ccc2c(c1)CNC2)S(=O)(=O)c1ccccc1. The minimum atomic E-state index is -3.53. The van der Waals surface area contributed by atoms with Crippen LogP contribution in [0.4, 0.5) is 5.69 Å². The molecule has 0 unspecified atom stereocenters. The Hall–Kier alpha value is -1.85. The minimum Gasteiger partial charge on any atom is -0.309 e. The Bertz CT molecular complexity index is 773. The molecule has 4 nitrogen and oxygen atoms in total. The van der Waals surface area contributed by atoms with E-state index < -0.39 is 10.0 Å². The number of hydrogen-bond donors (Lipinski definition) is 1. The molecular formula is C18H22N2O2S. The molecule has 0 saturated heterocycles. The van der Waals surface area contributed by atoms with Crippen molar-refractivity contribution in [1.29, 1.82) is 0 Å². The number of sulfonamides is 1. The molecule has 0 radical (unpaired) electrons. The lowest BCUT2D eigenvalue weighted by Gasteiger charge is -2.25. The quantitative estimate of drug-likeness (QED) is 0.884. The molecule has 0 spiro atoms. The summed E-state index contributed by atoms with van der Waals surface area (Å²) in [6.45, 7) is 4.23. The molecule has 5 heteroatoms. The van der Waals surface area contributed by atoms with Crippen LogP contribution < -0.4 is 9.62 Å². The Morgan fingerprint density at radius 3 is 2.52 bits per heavy atom. The van der Waals surface area contributed by atoms with E-state index in [4.69, 9.17) is 0 Å². The second kappa shape index (κ2) is 6.72. The molecule has 1 N–H and O–H groups in total. The molecule has 0 aliphatic carbocycles. The summed E-state index contributed by atoms with van der Waals surface area (Å²) in [6, 6.07) is 14.6. The van der Waals surface area contributed by atoms with Crippen molar-refractivity contribution in [3.05, 3.63) is 59.7 Å². The van der Waals surface area contributed by atoms with E-state index in [1.54, 1.807) is 28.6 Å². The summed E-state index contributed by atoms with van der Waals surface area (Å²) in [4.78, 5) is 0.342. The third-order valence-electron chi connectivity index (χ3n) is 4.15. The topological polar surface area (TPSA) is 49.4 Å². The van der Waals surface area contributed by atoms with Crippen molar-refractivity contribution in [3.63, 3.8) is 0 Å². The van der Waals surface area contributed by atoms with Gasteiger partial charge in [-0.05, 0) is 41.8 Å². The average Bonchev–Trinajstić information content (AvgIpc) is 3.03. The largest absolute Gasteiger partial charge is 0.309 e. The third-order valence-corrected chi connectivity index (χ3v) is 6.00. The van der Waals surface area contributed by atoms with E-state index in [0.29, 0.717) is 11.4 Å². The van der Waals surface area contributed by atoms with E-state index in [0.717, 1.165) is 31.6 Å². The highest BCUT2D eigenvalue weighted by Gasteiger charge is 2.25. The van der Waals surface area contributed by atoms with Crippen LogP contribution in [0.3, 0.4) is 0 Å². The van der Waals surface area contributed by atoms with Crippen molar-refractivity contribution < 1.29 is 8.42 Å². The van der Waals surface area contributed by atoms with Gasteiger partial charge in [0.05, 0.1) is 10.6 Å². The highest BCUT2D eigenvalue weighted by atomic mass is 32.2. The maximum atomic E-state index is 13.0. The Morgan fingerprint density at radius 1 is 1.04 bits per heavy atom. The van der Waals surface area contributed by atoms with Gasteiger partial charge in [0.15, 0.2) is 0 Å². The predicted molar refractivity (Wildman–Crippen MR) is 92.9 cm³/mol. The molecular weight excluding hydrogens is 308 g/mol. The van der Waals surface area contributed by atoms with Crippen LogP contribution in [-0.2, 0) is 23.1 Å². The third kappa shape index (κ3) is 3.26. The number of rotatable bonds is 6. The highest BCUT2D eigenvalue weighted by Crippen LogP contribution is 2.28. The fourth-order valence-electron chi connectivity index (χ4n) is 2.85. The monoisotopic (exact) mass is 330 g/mol. The molecule has 23 heavy (non-hydrogen) atoms. The first-order valence-corrected chi connectivity index (χ1v) is 9.47. The lowest BCUT2D eigenvalue weighted by Crippen LogP contribution is -2.32. The standard InChI is InChI=1S/C18H22N2O2S/c1-2-3-11-20(23(21,22)18-7-5-4-6-8-18)17-10-9-15-13-19-14-16(15)12-17/h4-10,12,19H,2-3,11,13-14H2,1H3. The Labute approximate surface area is 138 Å². The van der Waals surface area contributed by atoms with E-state index in [2.05, 4.69) is 12.2 Å². The second-order valence-electron chi connectivity index (χ2n) is 5.80. The van der Waals surface area contributed by atoms with Crippen molar-refractivity contribution in [2.45, 2.75) is 37.8 Å². The summed E-state index contributed by atoms with van der Waals surface area (Å²) in [5.41, 5.74) is 3.19. The molecule has 3 rings (SSSR count). The molecule has 0 bridgehead atoms. The summed E-state index contributed by atoms with van der Waals surface area (Å²) < 4.78 is 27.6. The first-order chi connectivity index (χ1) is 11.1.